The van der Waals surface area contributed by atoms with Gasteiger partial charge in [0.05, 0.1) is 18.8 Å². The summed E-state index contributed by atoms with van der Waals surface area (Å²) >= 11 is 5.38. The molecule has 5 nitrogen and oxygen atoms in total. The fraction of sp³-hybridized carbons (Fsp3) is 0.818. The van der Waals surface area contributed by atoms with Gasteiger partial charge in [0.25, 0.3) is 5.17 Å². The third kappa shape index (κ3) is 6.45. The summed E-state index contributed by atoms with van der Waals surface area (Å²) in [5.74, 6) is 0.378. The smallest absolute Gasteiger partial charge is 0.303 e. The third-order valence-corrected chi connectivity index (χ3v) is 6.77. The summed E-state index contributed by atoms with van der Waals surface area (Å²) in [7, 11) is 0. The molecule has 0 aromatic rings. The van der Waals surface area contributed by atoms with Crippen LogP contribution < -0.4 is 5.32 Å². The van der Waals surface area contributed by atoms with Crippen LogP contribution in [0.4, 0.5) is 0 Å². The van der Waals surface area contributed by atoms with E-state index in [-0.39, 0.29) is 6.42 Å². The molecule has 0 radical (unpaired) electrons. The Balaban J connectivity index is 1.36. The minimum atomic E-state index is -0.717. The molecule has 158 valence electrons. The Bertz CT molecular complexity index is 547. The molecule has 2 bridgehead atoms. The molecule has 3 rings (SSSR count). The largest absolute Gasteiger partial charge is 0.481 e. The number of thiocarbonyl (C=S) groups is 1. The summed E-state index contributed by atoms with van der Waals surface area (Å²) in [6.07, 6.45) is 17.6. The molecular formula is C22H35NO4S. The monoisotopic (exact) mass is 409 g/mol. The summed E-state index contributed by atoms with van der Waals surface area (Å²) < 4.78 is 12.0. The molecule has 28 heavy (non-hydrogen) atoms. The average Bonchev–Trinajstić information content (AvgIpc) is 3.27. The van der Waals surface area contributed by atoms with Crippen molar-refractivity contribution in [3.63, 3.8) is 0 Å². The van der Waals surface area contributed by atoms with Crippen LogP contribution in [0.3, 0.4) is 0 Å². The Morgan fingerprint density at radius 2 is 1.86 bits per heavy atom. The topological polar surface area (TPSA) is 67.8 Å². The fourth-order valence-electron chi connectivity index (χ4n) is 5.08. The molecule has 2 N–H and O–H groups in total. The van der Waals surface area contributed by atoms with Crippen molar-refractivity contribution >= 4 is 23.4 Å². The van der Waals surface area contributed by atoms with Crippen LogP contribution >= 0.6 is 12.2 Å². The van der Waals surface area contributed by atoms with Crippen molar-refractivity contribution in [1.29, 1.82) is 0 Å². The Morgan fingerprint density at radius 3 is 2.61 bits per heavy atom. The number of carbonyl (C=O) groups is 1. The number of unbranched alkanes of at least 4 members (excludes halogenated alkanes) is 1. The maximum absolute atomic E-state index is 10.6. The molecule has 0 unspecified atom stereocenters. The molecule has 1 saturated carbocycles. The first-order chi connectivity index (χ1) is 13.6. The average molecular weight is 410 g/mol. The molecule has 0 aromatic carbocycles. The number of ether oxygens (including phenoxy) is 2. The van der Waals surface area contributed by atoms with E-state index in [0.717, 1.165) is 19.3 Å². The zero-order valence-electron chi connectivity index (χ0n) is 16.8. The highest BCUT2D eigenvalue weighted by molar-refractivity contribution is 7.80. The fourth-order valence-corrected chi connectivity index (χ4v) is 5.33. The van der Waals surface area contributed by atoms with E-state index in [1.807, 2.05) is 0 Å². The van der Waals surface area contributed by atoms with E-state index in [1.165, 1.54) is 44.9 Å². The van der Waals surface area contributed by atoms with E-state index in [2.05, 4.69) is 17.5 Å². The van der Waals surface area contributed by atoms with E-state index < -0.39 is 5.97 Å². The number of carboxylic acids is 1. The van der Waals surface area contributed by atoms with Crippen LogP contribution in [0, 0.1) is 11.8 Å². The van der Waals surface area contributed by atoms with Gasteiger partial charge in [0.15, 0.2) is 0 Å². The van der Waals surface area contributed by atoms with Crippen LogP contribution in [-0.4, -0.2) is 41.1 Å². The van der Waals surface area contributed by atoms with Gasteiger partial charge in [0.1, 0.15) is 0 Å². The Labute approximate surface area is 174 Å². The van der Waals surface area contributed by atoms with E-state index >= 15 is 0 Å². The third-order valence-electron chi connectivity index (χ3n) is 6.54. The number of hydrogen-bond acceptors (Lipinski definition) is 4. The van der Waals surface area contributed by atoms with E-state index in [1.54, 1.807) is 0 Å². The van der Waals surface area contributed by atoms with Crippen LogP contribution in [0.1, 0.15) is 77.0 Å². The Morgan fingerprint density at radius 1 is 1.11 bits per heavy atom. The first-order valence-corrected chi connectivity index (χ1v) is 11.5. The lowest BCUT2D eigenvalue weighted by atomic mass is 9.76. The van der Waals surface area contributed by atoms with Crippen LogP contribution in [0.2, 0.25) is 0 Å². The SMILES string of the molecule is O=C(O)CCC/C=C\C[C@@H]1[C@H](CCOC(=S)NC2CCCCC2)[C@@H]2CC[C@H]1O2. The minimum absolute atomic E-state index is 0.246. The van der Waals surface area contributed by atoms with Crippen LogP contribution in [0.25, 0.3) is 0 Å². The summed E-state index contributed by atoms with van der Waals surface area (Å²) in [6.45, 7) is 0.661. The predicted octanol–water partition coefficient (Wildman–Crippen LogP) is 4.60. The second kappa shape index (κ2) is 11.1. The number of nitrogens with one attached hydrogen (secondary N) is 1. The van der Waals surface area contributed by atoms with Gasteiger partial charge in [-0.05, 0) is 75.4 Å². The second-order valence-corrected chi connectivity index (χ2v) is 8.89. The van der Waals surface area contributed by atoms with Gasteiger partial charge in [-0.1, -0.05) is 31.4 Å². The zero-order valence-corrected chi connectivity index (χ0v) is 17.6. The van der Waals surface area contributed by atoms with Gasteiger partial charge in [-0.25, -0.2) is 0 Å². The number of fused-ring (bicyclic) bond motifs is 2. The maximum Gasteiger partial charge on any atom is 0.303 e. The van der Waals surface area contributed by atoms with Crippen molar-refractivity contribution in [3.8, 4) is 0 Å². The number of allylic oxidation sites excluding steroid dienone is 2. The summed E-state index contributed by atoms with van der Waals surface area (Å²) in [5, 5.41) is 12.6. The van der Waals surface area contributed by atoms with Crippen molar-refractivity contribution in [2.45, 2.75) is 95.3 Å². The van der Waals surface area contributed by atoms with Crippen molar-refractivity contribution in [3.05, 3.63) is 12.2 Å². The summed E-state index contributed by atoms with van der Waals surface area (Å²) in [6, 6.07) is 0.492. The number of rotatable bonds is 10. The van der Waals surface area contributed by atoms with E-state index in [9.17, 15) is 4.79 Å². The van der Waals surface area contributed by atoms with E-state index in [4.69, 9.17) is 26.8 Å². The maximum atomic E-state index is 10.6. The molecule has 1 aliphatic carbocycles. The van der Waals surface area contributed by atoms with E-state index in [0.29, 0.717) is 48.3 Å². The summed E-state index contributed by atoms with van der Waals surface area (Å²) in [5.41, 5.74) is 0. The van der Waals surface area contributed by atoms with Gasteiger partial charge in [-0.15, -0.1) is 0 Å². The van der Waals surface area contributed by atoms with Gasteiger partial charge in [0.2, 0.25) is 0 Å². The molecule has 2 heterocycles. The predicted molar refractivity (Wildman–Crippen MR) is 113 cm³/mol. The first kappa shape index (κ1) is 21.6. The Kier molecular flexibility index (Phi) is 8.59. The lowest BCUT2D eigenvalue weighted by molar-refractivity contribution is -0.137. The van der Waals surface area contributed by atoms with Crippen molar-refractivity contribution in [2.75, 3.05) is 6.61 Å². The molecule has 4 atom stereocenters. The highest BCUT2D eigenvalue weighted by atomic mass is 32.1. The summed E-state index contributed by atoms with van der Waals surface area (Å²) in [4.78, 5) is 10.6. The van der Waals surface area contributed by atoms with Crippen molar-refractivity contribution in [2.24, 2.45) is 11.8 Å². The van der Waals surface area contributed by atoms with Gasteiger partial charge < -0.3 is 19.9 Å². The zero-order chi connectivity index (χ0) is 19.8. The molecule has 2 saturated heterocycles. The molecule has 2 aliphatic heterocycles. The van der Waals surface area contributed by atoms with Crippen molar-refractivity contribution < 1.29 is 19.4 Å². The quantitative estimate of drug-likeness (QED) is 0.312. The lowest BCUT2D eigenvalue weighted by Gasteiger charge is -2.28. The standard InChI is InChI=1S/C22H35NO4S/c24-21(25)11-7-2-1-6-10-17-18(20-13-12-19(17)27-20)14-15-26-22(28)23-16-8-4-3-5-9-16/h1,6,16-20H,2-5,7-15H2,(H,23,28)(H,24,25)/b6-1-/t17-,18+,19-,20+/m1/s1. The van der Waals surface area contributed by atoms with Gasteiger partial charge in [-0.3, -0.25) is 4.79 Å². The first-order valence-electron chi connectivity index (χ1n) is 11.1. The molecule has 0 spiro atoms. The van der Waals surface area contributed by atoms with Crippen molar-refractivity contribution in [1.82, 2.24) is 5.32 Å². The Hall–Kier alpha value is -1.14. The highest BCUT2D eigenvalue weighted by Gasteiger charge is 2.47. The highest BCUT2D eigenvalue weighted by Crippen LogP contribution is 2.46. The molecule has 0 aromatic heterocycles. The number of carboxylic acid groups (broad SMARTS) is 1. The van der Waals surface area contributed by atoms with Crippen LogP contribution in [0.5, 0.6) is 0 Å². The van der Waals surface area contributed by atoms with Gasteiger partial charge >= 0.3 is 5.97 Å². The number of hydrogen-bond donors (Lipinski definition) is 2. The van der Waals surface area contributed by atoms with Gasteiger partial charge in [0, 0.05) is 12.5 Å². The van der Waals surface area contributed by atoms with Gasteiger partial charge in [-0.2, -0.15) is 0 Å². The molecule has 6 heteroatoms. The number of aliphatic carboxylic acids is 1. The van der Waals surface area contributed by atoms with Crippen LogP contribution in [0.15, 0.2) is 12.2 Å². The van der Waals surface area contributed by atoms with Crippen LogP contribution in [-0.2, 0) is 14.3 Å². The molecule has 3 fully saturated rings. The molecular weight excluding hydrogens is 374 g/mol. The molecule has 0 amide bonds. The lowest BCUT2D eigenvalue weighted by Crippen LogP contribution is -2.37. The normalized spacial score (nSPS) is 30.0. The molecule has 3 aliphatic rings. The minimum Gasteiger partial charge on any atom is -0.481 e. The second-order valence-electron chi connectivity index (χ2n) is 8.51.